The van der Waals surface area contributed by atoms with Gasteiger partial charge in [-0.05, 0) is 55.8 Å². The van der Waals surface area contributed by atoms with Gasteiger partial charge in [0.15, 0.2) is 6.61 Å². The molecule has 0 saturated carbocycles. The zero-order chi connectivity index (χ0) is 20.1. The van der Waals surface area contributed by atoms with Gasteiger partial charge in [-0.2, -0.15) is 0 Å². The SMILES string of the molecule is CC(C)(C)NC(=O)c1ccccc1NC(=O)COc1ccc2ccccc2c1. The van der Waals surface area contributed by atoms with E-state index in [0.29, 0.717) is 17.0 Å². The Morgan fingerprint density at radius 1 is 0.893 bits per heavy atom. The van der Waals surface area contributed by atoms with Crippen molar-refractivity contribution in [3.8, 4) is 5.75 Å². The molecule has 0 fully saturated rings. The van der Waals surface area contributed by atoms with Crippen LogP contribution < -0.4 is 15.4 Å². The summed E-state index contributed by atoms with van der Waals surface area (Å²) in [6.07, 6.45) is 0. The van der Waals surface area contributed by atoms with Gasteiger partial charge in [-0.1, -0.05) is 42.5 Å². The standard InChI is InChI=1S/C23H24N2O3/c1-23(2,3)25-22(27)19-10-6-7-11-20(19)24-21(26)15-28-18-13-12-16-8-4-5-9-17(16)14-18/h4-14H,15H2,1-3H3,(H,24,26)(H,25,27). The van der Waals surface area contributed by atoms with Crippen LogP contribution in [0.5, 0.6) is 5.75 Å². The molecule has 0 aliphatic heterocycles. The van der Waals surface area contributed by atoms with Crippen LogP contribution in [0.1, 0.15) is 31.1 Å². The minimum absolute atomic E-state index is 0.145. The van der Waals surface area contributed by atoms with Gasteiger partial charge < -0.3 is 15.4 Å². The fraction of sp³-hybridized carbons (Fsp3) is 0.217. The minimum atomic E-state index is -0.368. The molecule has 0 aromatic heterocycles. The van der Waals surface area contributed by atoms with Crippen LogP contribution in [-0.4, -0.2) is 24.0 Å². The van der Waals surface area contributed by atoms with E-state index in [1.165, 1.54) is 0 Å². The van der Waals surface area contributed by atoms with Gasteiger partial charge >= 0.3 is 0 Å². The molecule has 0 atom stereocenters. The Hall–Kier alpha value is -3.34. The molecule has 0 unspecified atom stereocenters. The summed E-state index contributed by atoms with van der Waals surface area (Å²) in [6, 6.07) is 20.5. The number of ether oxygens (including phenoxy) is 1. The van der Waals surface area contributed by atoms with Crippen molar-refractivity contribution in [1.29, 1.82) is 0 Å². The van der Waals surface area contributed by atoms with Crippen LogP contribution in [0.4, 0.5) is 5.69 Å². The maximum absolute atomic E-state index is 12.5. The van der Waals surface area contributed by atoms with Crippen molar-refractivity contribution in [3.05, 3.63) is 72.3 Å². The second-order valence-electron chi connectivity index (χ2n) is 7.60. The summed E-state index contributed by atoms with van der Waals surface area (Å²) in [4.78, 5) is 24.8. The van der Waals surface area contributed by atoms with Crippen molar-refractivity contribution in [2.24, 2.45) is 0 Å². The highest BCUT2D eigenvalue weighted by Crippen LogP contribution is 2.21. The molecule has 0 heterocycles. The Bertz CT molecular complexity index is 1010. The number of carbonyl (C=O) groups is 2. The number of nitrogens with one attached hydrogen (secondary N) is 2. The van der Waals surface area contributed by atoms with Crippen molar-refractivity contribution >= 4 is 28.3 Å². The first-order chi connectivity index (χ1) is 13.3. The van der Waals surface area contributed by atoms with E-state index in [2.05, 4.69) is 10.6 Å². The highest BCUT2D eigenvalue weighted by molar-refractivity contribution is 6.04. The Balaban J connectivity index is 1.65. The average Bonchev–Trinajstić information content (AvgIpc) is 2.65. The van der Waals surface area contributed by atoms with E-state index in [1.54, 1.807) is 24.3 Å². The van der Waals surface area contributed by atoms with Crippen LogP contribution in [0, 0.1) is 0 Å². The lowest BCUT2D eigenvalue weighted by atomic mass is 10.1. The molecule has 2 amide bonds. The number of fused-ring (bicyclic) bond motifs is 1. The van der Waals surface area contributed by atoms with Gasteiger partial charge in [0.1, 0.15) is 5.75 Å². The summed E-state index contributed by atoms with van der Waals surface area (Å²) in [5, 5.41) is 7.82. The Labute approximate surface area is 164 Å². The fourth-order valence-electron chi connectivity index (χ4n) is 2.79. The lowest BCUT2D eigenvalue weighted by molar-refractivity contribution is -0.118. The van der Waals surface area contributed by atoms with E-state index < -0.39 is 0 Å². The summed E-state index contributed by atoms with van der Waals surface area (Å²) in [5.41, 5.74) is 0.501. The number of hydrogen-bond acceptors (Lipinski definition) is 3. The number of amides is 2. The third kappa shape index (κ3) is 5.10. The third-order valence-electron chi connectivity index (χ3n) is 4.03. The molecule has 0 bridgehead atoms. The summed E-state index contributed by atoms with van der Waals surface area (Å²) < 4.78 is 5.62. The number of benzene rings is 3. The molecule has 3 aromatic rings. The van der Waals surface area contributed by atoms with Crippen LogP contribution in [-0.2, 0) is 4.79 Å². The predicted molar refractivity (Wildman–Crippen MR) is 112 cm³/mol. The molecule has 144 valence electrons. The molecular formula is C23H24N2O3. The molecule has 2 N–H and O–H groups in total. The number of carbonyl (C=O) groups excluding carboxylic acids is 2. The van der Waals surface area contributed by atoms with E-state index >= 15 is 0 Å². The molecular weight excluding hydrogens is 352 g/mol. The predicted octanol–water partition coefficient (Wildman–Crippen LogP) is 4.39. The smallest absolute Gasteiger partial charge is 0.262 e. The van der Waals surface area contributed by atoms with Gasteiger partial charge in [0.25, 0.3) is 11.8 Å². The minimum Gasteiger partial charge on any atom is -0.484 e. The number of hydrogen-bond donors (Lipinski definition) is 2. The quantitative estimate of drug-likeness (QED) is 0.694. The van der Waals surface area contributed by atoms with Crippen LogP contribution in [0.25, 0.3) is 10.8 Å². The van der Waals surface area contributed by atoms with Crippen LogP contribution in [0.3, 0.4) is 0 Å². The average molecular weight is 376 g/mol. The second-order valence-corrected chi connectivity index (χ2v) is 7.60. The van der Waals surface area contributed by atoms with Gasteiger partial charge in [-0.15, -0.1) is 0 Å². The molecule has 0 spiro atoms. The first kappa shape index (κ1) is 19.4. The van der Waals surface area contributed by atoms with Crippen molar-refractivity contribution < 1.29 is 14.3 Å². The molecule has 3 rings (SSSR count). The van der Waals surface area contributed by atoms with E-state index in [1.807, 2.05) is 63.2 Å². The Morgan fingerprint density at radius 3 is 2.32 bits per heavy atom. The summed E-state index contributed by atoms with van der Waals surface area (Å²) in [7, 11) is 0. The topological polar surface area (TPSA) is 67.4 Å². The van der Waals surface area contributed by atoms with Crippen LogP contribution >= 0.6 is 0 Å². The van der Waals surface area contributed by atoms with Gasteiger partial charge in [0.05, 0.1) is 11.3 Å². The van der Waals surface area contributed by atoms with E-state index in [0.717, 1.165) is 10.8 Å². The summed E-state index contributed by atoms with van der Waals surface area (Å²) >= 11 is 0. The largest absolute Gasteiger partial charge is 0.484 e. The monoisotopic (exact) mass is 376 g/mol. The maximum Gasteiger partial charge on any atom is 0.262 e. The number of rotatable bonds is 5. The fourth-order valence-corrected chi connectivity index (χ4v) is 2.79. The number of anilines is 1. The molecule has 5 nitrogen and oxygen atoms in total. The molecule has 3 aromatic carbocycles. The molecule has 0 aliphatic rings. The number of para-hydroxylation sites is 1. The highest BCUT2D eigenvalue weighted by atomic mass is 16.5. The first-order valence-electron chi connectivity index (χ1n) is 9.15. The van der Waals surface area contributed by atoms with Crippen LogP contribution in [0.2, 0.25) is 0 Å². The lowest BCUT2D eigenvalue weighted by Crippen LogP contribution is -2.41. The third-order valence-corrected chi connectivity index (χ3v) is 4.03. The van der Waals surface area contributed by atoms with Gasteiger partial charge in [-0.25, -0.2) is 0 Å². The van der Waals surface area contributed by atoms with E-state index in [9.17, 15) is 9.59 Å². The maximum atomic E-state index is 12.5. The van der Waals surface area contributed by atoms with E-state index in [-0.39, 0.29) is 24.0 Å². The van der Waals surface area contributed by atoms with Crippen molar-refractivity contribution in [2.45, 2.75) is 26.3 Å². The normalized spacial score (nSPS) is 11.1. The molecule has 0 radical (unpaired) electrons. The van der Waals surface area contributed by atoms with Gasteiger partial charge in [0.2, 0.25) is 0 Å². The first-order valence-corrected chi connectivity index (χ1v) is 9.15. The van der Waals surface area contributed by atoms with E-state index in [4.69, 9.17) is 4.74 Å². The van der Waals surface area contributed by atoms with Crippen molar-refractivity contribution in [1.82, 2.24) is 5.32 Å². The highest BCUT2D eigenvalue weighted by Gasteiger charge is 2.18. The van der Waals surface area contributed by atoms with Gasteiger partial charge in [0, 0.05) is 5.54 Å². The molecule has 5 heteroatoms. The zero-order valence-corrected chi connectivity index (χ0v) is 16.3. The second kappa shape index (κ2) is 8.13. The molecule has 28 heavy (non-hydrogen) atoms. The zero-order valence-electron chi connectivity index (χ0n) is 16.3. The summed E-state index contributed by atoms with van der Waals surface area (Å²) in [6.45, 7) is 5.57. The summed E-state index contributed by atoms with van der Waals surface area (Å²) in [5.74, 6) is 0.0515. The van der Waals surface area contributed by atoms with Crippen LogP contribution in [0.15, 0.2) is 66.7 Å². The Kier molecular flexibility index (Phi) is 5.64. The van der Waals surface area contributed by atoms with Crippen molar-refractivity contribution in [2.75, 3.05) is 11.9 Å². The van der Waals surface area contributed by atoms with Gasteiger partial charge in [-0.3, -0.25) is 9.59 Å². The Morgan fingerprint density at radius 2 is 1.57 bits per heavy atom. The molecule has 0 saturated heterocycles. The lowest BCUT2D eigenvalue weighted by Gasteiger charge is -2.21. The van der Waals surface area contributed by atoms with Crippen molar-refractivity contribution in [3.63, 3.8) is 0 Å². The molecule has 0 aliphatic carbocycles.